The second-order valence-corrected chi connectivity index (χ2v) is 4.71. The lowest BCUT2D eigenvalue weighted by molar-refractivity contribution is 0.526. The topological polar surface area (TPSA) is 53.6 Å². The van der Waals surface area contributed by atoms with Gasteiger partial charge in [-0.2, -0.15) is 0 Å². The van der Waals surface area contributed by atoms with Crippen molar-refractivity contribution in [2.45, 2.75) is 44.8 Å². The van der Waals surface area contributed by atoms with E-state index in [4.69, 9.17) is 0 Å². The SMILES string of the molecule is CCNC(C)CCCSc1n[nH]c(C)n1. The molecule has 0 saturated carbocycles. The Morgan fingerprint density at radius 1 is 1.53 bits per heavy atom. The van der Waals surface area contributed by atoms with Crippen LogP contribution in [0, 0.1) is 6.92 Å². The number of nitrogens with one attached hydrogen (secondary N) is 2. The maximum absolute atomic E-state index is 4.24. The molecule has 0 saturated heterocycles. The first-order valence-electron chi connectivity index (χ1n) is 5.47. The third-order valence-corrected chi connectivity index (χ3v) is 3.08. The third-order valence-electron chi connectivity index (χ3n) is 2.14. The summed E-state index contributed by atoms with van der Waals surface area (Å²) in [5, 5.41) is 11.2. The lowest BCUT2D eigenvalue weighted by Crippen LogP contribution is -2.25. The Morgan fingerprint density at radius 3 is 2.93 bits per heavy atom. The maximum atomic E-state index is 4.24. The molecule has 0 aliphatic heterocycles. The van der Waals surface area contributed by atoms with Gasteiger partial charge in [-0.25, -0.2) is 4.98 Å². The van der Waals surface area contributed by atoms with Gasteiger partial charge in [-0.05, 0) is 33.2 Å². The van der Waals surface area contributed by atoms with Crippen molar-refractivity contribution in [2.75, 3.05) is 12.3 Å². The molecule has 1 aromatic heterocycles. The van der Waals surface area contributed by atoms with Crippen molar-refractivity contribution in [3.8, 4) is 0 Å². The molecule has 1 aromatic rings. The van der Waals surface area contributed by atoms with Crippen LogP contribution in [-0.4, -0.2) is 33.5 Å². The molecule has 1 heterocycles. The summed E-state index contributed by atoms with van der Waals surface area (Å²) in [6.07, 6.45) is 2.41. The van der Waals surface area contributed by atoms with E-state index in [0.29, 0.717) is 6.04 Å². The smallest absolute Gasteiger partial charge is 0.208 e. The minimum absolute atomic E-state index is 0.615. The molecule has 0 aliphatic carbocycles. The monoisotopic (exact) mass is 228 g/mol. The predicted molar refractivity (Wildman–Crippen MR) is 64.2 cm³/mol. The highest BCUT2D eigenvalue weighted by Crippen LogP contribution is 2.14. The molecular weight excluding hydrogens is 208 g/mol. The van der Waals surface area contributed by atoms with Crippen molar-refractivity contribution in [3.05, 3.63) is 5.82 Å². The molecule has 15 heavy (non-hydrogen) atoms. The highest BCUT2D eigenvalue weighted by molar-refractivity contribution is 7.99. The second-order valence-electron chi connectivity index (χ2n) is 3.65. The minimum Gasteiger partial charge on any atom is -0.315 e. The molecule has 5 heteroatoms. The third kappa shape index (κ3) is 5.18. The quantitative estimate of drug-likeness (QED) is 0.553. The lowest BCUT2D eigenvalue weighted by atomic mass is 10.2. The molecule has 2 N–H and O–H groups in total. The van der Waals surface area contributed by atoms with Crippen LogP contribution in [0.3, 0.4) is 0 Å². The Bertz CT molecular complexity index is 274. The van der Waals surface area contributed by atoms with Crippen LogP contribution in [0.15, 0.2) is 5.16 Å². The standard InChI is InChI=1S/C10H20N4S/c1-4-11-8(2)6-5-7-15-10-12-9(3)13-14-10/h8,11H,4-7H2,1-3H3,(H,12,13,14). The maximum Gasteiger partial charge on any atom is 0.208 e. The van der Waals surface area contributed by atoms with Crippen LogP contribution >= 0.6 is 11.8 Å². The minimum atomic E-state index is 0.615. The fourth-order valence-electron chi connectivity index (χ4n) is 1.39. The number of rotatable bonds is 7. The average Bonchev–Trinajstić information content (AvgIpc) is 2.60. The van der Waals surface area contributed by atoms with Gasteiger partial charge in [0.25, 0.3) is 0 Å². The average molecular weight is 228 g/mol. The number of hydrogen-bond acceptors (Lipinski definition) is 4. The van der Waals surface area contributed by atoms with Crippen molar-refractivity contribution >= 4 is 11.8 Å². The summed E-state index contributed by atoms with van der Waals surface area (Å²) in [6.45, 7) is 7.34. The van der Waals surface area contributed by atoms with Crippen molar-refractivity contribution in [2.24, 2.45) is 0 Å². The van der Waals surface area contributed by atoms with Gasteiger partial charge >= 0.3 is 0 Å². The molecule has 0 aliphatic rings. The molecule has 4 nitrogen and oxygen atoms in total. The van der Waals surface area contributed by atoms with Gasteiger partial charge in [0.2, 0.25) is 5.16 Å². The van der Waals surface area contributed by atoms with Crippen LogP contribution in [0.2, 0.25) is 0 Å². The zero-order valence-corrected chi connectivity index (χ0v) is 10.5. The summed E-state index contributed by atoms with van der Waals surface area (Å²) in [7, 11) is 0. The highest BCUT2D eigenvalue weighted by Gasteiger charge is 2.02. The summed E-state index contributed by atoms with van der Waals surface area (Å²) in [4.78, 5) is 4.24. The number of hydrogen-bond donors (Lipinski definition) is 2. The van der Waals surface area contributed by atoms with E-state index in [1.165, 1.54) is 12.8 Å². The first kappa shape index (κ1) is 12.5. The van der Waals surface area contributed by atoms with Gasteiger partial charge in [0.05, 0.1) is 0 Å². The number of aromatic nitrogens is 3. The fourth-order valence-corrected chi connectivity index (χ4v) is 2.20. The number of thioether (sulfide) groups is 1. The molecule has 0 amide bonds. The number of aryl methyl sites for hydroxylation is 1. The normalized spacial score (nSPS) is 13.0. The first-order chi connectivity index (χ1) is 7.22. The molecule has 0 aromatic carbocycles. The van der Waals surface area contributed by atoms with Crippen LogP contribution in [0.5, 0.6) is 0 Å². The van der Waals surface area contributed by atoms with E-state index in [1.807, 2.05) is 6.92 Å². The van der Waals surface area contributed by atoms with Crippen molar-refractivity contribution < 1.29 is 0 Å². The van der Waals surface area contributed by atoms with E-state index in [9.17, 15) is 0 Å². The van der Waals surface area contributed by atoms with Crippen LogP contribution < -0.4 is 5.32 Å². The predicted octanol–water partition coefficient (Wildman–Crippen LogP) is 1.98. The van der Waals surface area contributed by atoms with E-state index in [0.717, 1.165) is 23.3 Å². The van der Waals surface area contributed by atoms with Gasteiger partial charge in [0.15, 0.2) is 0 Å². The van der Waals surface area contributed by atoms with Crippen molar-refractivity contribution in [3.63, 3.8) is 0 Å². The molecule has 1 atom stereocenters. The zero-order chi connectivity index (χ0) is 11.1. The summed E-state index contributed by atoms with van der Waals surface area (Å²) in [5.74, 6) is 1.98. The van der Waals surface area contributed by atoms with E-state index in [2.05, 4.69) is 34.3 Å². The van der Waals surface area contributed by atoms with Gasteiger partial charge in [-0.1, -0.05) is 18.7 Å². The fraction of sp³-hybridized carbons (Fsp3) is 0.800. The molecule has 0 radical (unpaired) electrons. The largest absolute Gasteiger partial charge is 0.315 e. The van der Waals surface area contributed by atoms with Crippen LogP contribution in [0.25, 0.3) is 0 Å². The lowest BCUT2D eigenvalue weighted by Gasteiger charge is -2.10. The van der Waals surface area contributed by atoms with Gasteiger partial charge in [-0.3, -0.25) is 5.10 Å². The first-order valence-corrected chi connectivity index (χ1v) is 6.46. The Labute approximate surface area is 95.6 Å². The van der Waals surface area contributed by atoms with E-state index in [1.54, 1.807) is 11.8 Å². The summed E-state index contributed by atoms with van der Waals surface area (Å²) < 4.78 is 0. The van der Waals surface area contributed by atoms with Crippen LogP contribution in [0.1, 0.15) is 32.5 Å². The van der Waals surface area contributed by atoms with Gasteiger partial charge in [-0.15, -0.1) is 5.10 Å². The number of aromatic amines is 1. The van der Waals surface area contributed by atoms with Crippen LogP contribution in [-0.2, 0) is 0 Å². The molecule has 0 bridgehead atoms. The summed E-state index contributed by atoms with van der Waals surface area (Å²) in [5.41, 5.74) is 0. The Hall–Kier alpha value is -0.550. The Kier molecular flexibility index (Phi) is 5.71. The molecular formula is C10H20N4S. The molecule has 0 spiro atoms. The van der Waals surface area contributed by atoms with Crippen LogP contribution in [0.4, 0.5) is 0 Å². The van der Waals surface area contributed by atoms with E-state index < -0.39 is 0 Å². The molecule has 86 valence electrons. The van der Waals surface area contributed by atoms with Gasteiger partial charge < -0.3 is 5.32 Å². The molecule has 1 rings (SSSR count). The summed E-state index contributed by atoms with van der Waals surface area (Å²) >= 11 is 1.72. The Balaban J connectivity index is 2.06. The van der Waals surface area contributed by atoms with Gasteiger partial charge in [0, 0.05) is 11.8 Å². The van der Waals surface area contributed by atoms with Crippen molar-refractivity contribution in [1.82, 2.24) is 20.5 Å². The second kappa shape index (κ2) is 6.85. The van der Waals surface area contributed by atoms with Crippen molar-refractivity contribution in [1.29, 1.82) is 0 Å². The number of nitrogens with zero attached hydrogens (tertiary/aromatic N) is 2. The van der Waals surface area contributed by atoms with E-state index in [-0.39, 0.29) is 0 Å². The number of H-pyrrole nitrogens is 1. The van der Waals surface area contributed by atoms with Gasteiger partial charge in [0.1, 0.15) is 5.82 Å². The molecule has 0 fully saturated rings. The highest BCUT2D eigenvalue weighted by atomic mass is 32.2. The zero-order valence-electron chi connectivity index (χ0n) is 9.71. The summed E-state index contributed by atoms with van der Waals surface area (Å²) in [6, 6.07) is 0.615. The Morgan fingerprint density at radius 2 is 2.33 bits per heavy atom. The molecule has 1 unspecified atom stereocenters. The van der Waals surface area contributed by atoms with E-state index >= 15 is 0 Å².